The maximum absolute atomic E-state index is 12.2. The number of hydrogen-bond donors (Lipinski definition) is 0. The molecule has 0 aliphatic carbocycles. The van der Waals surface area contributed by atoms with Crippen molar-refractivity contribution in [3.05, 3.63) is 63.7 Å². The molecule has 9 heteroatoms. The van der Waals surface area contributed by atoms with Crippen LogP contribution in [0.4, 0.5) is 11.4 Å². The lowest BCUT2D eigenvalue weighted by atomic mass is 10.1. The summed E-state index contributed by atoms with van der Waals surface area (Å²) in [6, 6.07) is 10.5. The first-order valence-electron chi connectivity index (χ1n) is 7.43. The second kappa shape index (κ2) is 6.63. The Kier molecular flexibility index (Phi) is 4.36. The molecule has 1 aliphatic heterocycles. The fraction of sp³-hybridized carbons (Fsp3) is 0.118. The molecule has 26 heavy (non-hydrogen) atoms. The monoisotopic (exact) mass is 355 g/mol. The molecular weight excluding hydrogens is 342 g/mol. The van der Waals surface area contributed by atoms with Crippen LogP contribution in [0.3, 0.4) is 0 Å². The van der Waals surface area contributed by atoms with Gasteiger partial charge in [0.05, 0.1) is 23.3 Å². The molecule has 0 radical (unpaired) electrons. The number of benzene rings is 2. The topological polar surface area (TPSA) is 111 Å². The van der Waals surface area contributed by atoms with Gasteiger partial charge < -0.3 is 14.5 Å². The molecule has 0 spiro atoms. The minimum absolute atomic E-state index is 0.0133. The molecule has 0 saturated heterocycles. The van der Waals surface area contributed by atoms with E-state index in [1.807, 2.05) is 0 Å². The summed E-state index contributed by atoms with van der Waals surface area (Å²) in [5.41, 5.74) is 0.700. The average Bonchev–Trinajstić information content (AvgIpc) is 2.90. The highest BCUT2D eigenvalue weighted by Gasteiger charge is 2.32. The summed E-state index contributed by atoms with van der Waals surface area (Å²) < 4.78 is 4.88. The zero-order valence-electron chi connectivity index (χ0n) is 13.8. The molecule has 3 rings (SSSR count). The summed E-state index contributed by atoms with van der Waals surface area (Å²) in [6.07, 6.45) is 0. The number of likely N-dealkylation sites (N-methyl/N-ethyl adjacent to an activating group) is 1. The second-order valence-electron chi connectivity index (χ2n) is 5.34. The first kappa shape index (κ1) is 17.1. The van der Waals surface area contributed by atoms with Crippen LogP contribution < -0.4 is 9.64 Å². The van der Waals surface area contributed by atoms with E-state index in [-0.39, 0.29) is 22.7 Å². The maximum Gasteiger partial charge on any atom is 0.366 e. The molecule has 2 aromatic carbocycles. The van der Waals surface area contributed by atoms with Crippen LogP contribution >= 0.6 is 0 Å². The van der Waals surface area contributed by atoms with Crippen molar-refractivity contribution >= 4 is 29.0 Å². The van der Waals surface area contributed by atoms with Crippen molar-refractivity contribution in [1.82, 2.24) is 0 Å². The number of para-hydroxylation sites is 1. The van der Waals surface area contributed by atoms with E-state index in [1.54, 1.807) is 31.3 Å². The molecule has 9 nitrogen and oxygen atoms in total. The molecule has 0 N–H and O–H groups in total. The number of rotatable bonds is 4. The predicted molar refractivity (Wildman–Crippen MR) is 91.5 cm³/mol. The second-order valence-corrected chi connectivity index (χ2v) is 5.34. The van der Waals surface area contributed by atoms with E-state index in [0.717, 1.165) is 6.07 Å². The van der Waals surface area contributed by atoms with E-state index in [1.165, 1.54) is 24.1 Å². The zero-order valence-corrected chi connectivity index (χ0v) is 13.8. The van der Waals surface area contributed by atoms with E-state index in [2.05, 4.69) is 5.16 Å². The van der Waals surface area contributed by atoms with Crippen LogP contribution in [0.15, 0.2) is 47.6 Å². The molecule has 0 atom stereocenters. The molecular formula is C17H13N3O6. The first-order valence-corrected chi connectivity index (χ1v) is 7.43. The SMILES string of the molecule is COc1ccc(C(=O)O/N=C2/C(=O)N(C)c3ccccc32)cc1[N+](=O)[O-]. The lowest BCUT2D eigenvalue weighted by Gasteiger charge is -2.07. The van der Waals surface area contributed by atoms with E-state index in [4.69, 9.17) is 9.57 Å². The number of nitrogens with zero attached hydrogens (tertiary/aromatic N) is 3. The van der Waals surface area contributed by atoms with Crippen LogP contribution in [0.1, 0.15) is 15.9 Å². The largest absolute Gasteiger partial charge is 0.490 e. The van der Waals surface area contributed by atoms with Gasteiger partial charge in [0.2, 0.25) is 0 Å². The van der Waals surface area contributed by atoms with Gasteiger partial charge in [-0.3, -0.25) is 14.9 Å². The van der Waals surface area contributed by atoms with Crippen LogP contribution in [-0.4, -0.2) is 36.7 Å². The number of oxime groups is 1. The van der Waals surface area contributed by atoms with Crippen molar-refractivity contribution in [1.29, 1.82) is 0 Å². The highest BCUT2D eigenvalue weighted by molar-refractivity contribution is 6.54. The van der Waals surface area contributed by atoms with Crippen molar-refractivity contribution < 1.29 is 24.1 Å². The summed E-state index contributed by atoms with van der Waals surface area (Å²) in [4.78, 5) is 41.0. The number of ether oxygens (including phenoxy) is 1. The summed E-state index contributed by atoms with van der Waals surface area (Å²) in [6.45, 7) is 0. The Morgan fingerprint density at radius 1 is 1.23 bits per heavy atom. The van der Waals surface area contributed by atoms with Crippen LogP contribution in [0.5, 0.6) is 5.75 Å². The molecule has 0 unspecified atom stereocenters. The number of carbonyl (C=O) groups is 2. The van der Waals surface area contributed by atoms with Crippen LogP contribution in [0.2, 0.25) is 0 Å². The minimum atomic E-state index is -0.928. The molecule has 132 valence electrons. The number of nitro benzene ring substituents is 1. The minimum Gasteiger partial charge on any atom is -0.490 e. The molecule has 2 aromatic rings. The van der Waals surface area contributed by atoms with Gasteiger partial charge in [0.15, 0.2) is 11.5 Å². The molecule has 0 saturated carbocycles. The van der Waals surface area contributed by atoms with Gasteiger partial charge >= 0.3 is 11.7 Å². The summed E-state index contributed by atoms with van der Waals surface area (Å²) in [7, 11) is 2.87. The number of anilines is 1. The van der Waals surface area contributed by atoms with Crippen LogP contribution in [0.25, 0.3) is 0 Å². The summed E-state index contributed by atoms with van der Waals surface area (Å²) in [5.74, 6) is -1.33. The standard InChI is InChI=1S/C17H13N3O6/c1-19-12-6-4-3-5-11(12)15(16(19)21)18-26-17(22)10-7-8-14(25-2)13(9-10)20(23)24/h3-9H,1-2H3/b18-15+. The van der Waals surface area contributed by atoms with Crippen molar-refractivity contribution in [3.8, 4) is 5.75 Å². The van der Waals surface area contributed by atoms with Crippen molar-refractivity contribution in [3.63, 3.8) is 0 Å². The number of fused-ring (bicyclic) bond motifs is 1. The Bertz CT molecular complexity index is 953. The van der Waals surface area contributed by atoms with Gasteiger partial charge in [0.25, 0.3) is 5.91 Å². The van der Waals surface area contributed by atoms with Crippen molar-refractivity contribution in [2.45, 2.75) is 0 Å². The molecule has 0 bridgehead atoms. The number of hydrogen-bond acceptors (Lipinski definition) is 7. The fourth-order valence-corrected chi connectivity index (χ4v) is 2.54. The Hall–Kier alpha value is -3.75. The van der Waals surface area contributed by atoms with Gasteiger partial charge in [0.1, 0.15) is 0 Å². The molecule has 1 heterocycles. The molecule has 1 amide bonds. The third-order valence-electron chi connectivity index (χ3n) is 3.86. The highest BCUT2D eigenvalue weighted by Crippen LogP contribution is 2.29. The lowest BCUT2D eigenvalue weighted by Crippen LogP contribution is -2.25. The molecule has 1 aliphatic rings. The van der Waals surface area contributed by atoms with Gasteiger partial charge in [-0.2, -0.15) is 0 Å². The number of amides is 1. The van der Waals surface area contributed by atoms with E-state index in [9.17, 15) is 19.7 Å². The third-order valence-corrected chi connectivity index (χ3v) is 3.86. The van der Waals surface area contributed by atoms with E-state index < -0.39 is 16.8 Å². The quantitative estimate of drug-likeness (QED) is 0.472. The van der Waals surface area contributed by atoms with Gasteiger partial charge in [-0.05, 0) is 18.2 Å². The Labute approximate surface area is 147 Å². The predicted octanol–water partition coefficient (Wildman–Crippen LogP) is 2.14. The van der Waals surface area contributed by atoms with Gasteiger partial charge in [0, 0.05) is 18.7 Å². The average molecular weight is 355 g/mol. The Morgan fingerprint density at radius 3 is 2.65 bits per heavy atom. The number of methoxy groups -OCH3 is 1. The Morgan fingerprint density at radius 2 is 1.96 bits per heavy atom. The van der Waals surface area contributed by atoms with Crippen LogP contribution in [0, 0.1) is 10.1 Å². The maximum atomic E-state index is 12.2. The van der Waals surface area contributed by atoms with Gasteiger partial charge in [-0.25, -0.2) is 4.79 Å². The highest BCUT2D eigenvalue weighted by atomic mass is 16.7. The van der Waals surface area contributed by atoms with Crippen molar-refractivity contribution in [2.24, 2.45) is 5.16 Å². The molecule has 0 fully saturated rings. The van der Waals surface area contributed by atoms with Gasteiger partial charge in [-0.1, -0.05) is 23.4 Å². The first-order chi connectivity index (χ1) is 12.4. The zero-order chi connectivity index (χ0) is 18.8. The number of nitro groups is 1. The third kappa shape index (κ3) is 2.86. The fourth-order valence-electron chi connectivity index (χ4n) is 2.54. The van der Waals surface area contributed by atoms with Crippen LogP contribution in [-0.2, 0) is 9.63 Å². The normalized spacial score (nSPS) is 14.3. The smallest absolute Gasteiger partial charge is 0.366 e. The van der Waals surface area contributed by atoms with Crippen molar-refractivity contribution in [2.75, 3.05) is 19.1 Å². The lowest BCUT2D eigenvalue weighted by molar-refractivity contribution is -0.385. The van der Waals surface area contributed by atoms with Gasteiger partial charge in [-0.15, -0.1) is 0 Å². The Balaban J connectivity index is 1.88. The van der Waals surface area contributed by atoms with E-state index in [0.29, 0.717) is 11.3 Å². The molecule has 0 aromatic heterocycles. The van der Waals surface area contributed by atoms with E-state index >= 15 is 0 Å². The number of carbonyl (C=O) groups excluding carboxylic acids is 2. The summed E-state index contributed by atoms with van der Waals surface area (Å²) in [5, 5.41) is 14.7. The summed E-state index contributed by atoms with van der Waals surface area (Å²) >= 11 is 0.